The Bertz CT molecular complexity index is 1200. The number of carbonyl (C=O) groups excluding carboxylic acids is 2. The van der Waals surface area contributed by atoms with Gasteiger partial charge in [0.25, 0.3) is 5.56 Å². The zero-order valence-electron chi connectivity index (χ0n) is 17.7. The van der Waals surface area contributed by atoms with Gasteiger partial charge in [-0.25, -0.2) is 4.98 Å². The molecule has 6 nitrogen and oxygen atoms in total. The minimum absolute atomic E-state index is 0.0161. The van der Waals surface area contributed by atoms with Gasteiger partial charge in [0.15, 0.2) is 10.9 Å². The van der Waals surface area contributed by atoms with Crippen LogP contribution in [-0.4, -0.2) is 34.2 Å². The third kappa shape index (κ3) is 4.03. The highest BCUT2D eigenvalue weighted by molar-refractivity contribution is 7.99. The van der Waals surface area contributed by atoms with Crippen LogP contribution in [0.15, 0.2) is 52.4 Å². The maximum atomic E-state index is 13.3. The highest BCUT2D eigenvalue weighted by Gasteiger charge is 2.36. The van der Waals surface area contributed by atoms with Crippen molar-refractivity contribution in [1.82, 2.24) is 9.55 Å². The van der Waals surface area contributed by atoms with E-state index in [2.05, 4.69) is 4.98 Å². The molecule has 2 aromatic carbocycles. The van der Waals surface area contributed by atoms with Gasteiger partial charge in [0.05, 0.1) is 29.5 Å². The molecule has 156 valence electrons. The Morgan fingerprint density at radius 1 is 1.10 bits per heavy atom. The Labute approximate surface area is 179 Å². The van der Waals surface area contributed by atoms with E-state index in [1.807, 2.05) is 38.1 Å². The standard InChI is InChI=1S/C23H24N2O4S/c1-14-10-11-16(12-15(14)2)25-20(27)17-8-6-7-9-18(17)24-22(25)30-13-19(26)23(3,4)21(28)29-5/h6-12H,13H2,1-5H3. The zero-order chi connectivity index (χ0) is 22.1. The van der Waals surface area contributed by atoms with E-state index in [1.54, 1.807) is 18.2 Å². The van der Waals surface area contributed by atoms with E-state index < -0.39 is 11.4 Å². The fourth-order valence-corrected chi connectivity index (χ4v) is 4.08. The van der Waals surface area contributed by atoms with Crippen LogP contribution >= 0.6 is 11.8 Å². The third-order valence-electron chi connectivity index (χ3n) is 5.22. The molecule has 3 rings (SSSR count). The minimum Gasteiger partial charge on any atom is -0.468 e. The lowest BCUT2D eigenvalue weighted by Crippen LogP contribution is -2.36. The summed E-state index contributed by atoms with van der Waals surface area (Å²) < 4.78 is 6.27. The van der Waals surface area contributed by atoms with Crippen LogP contribution in [0.4, 0.5) is 0 Å². The van der Waals surface area contributed by atoms with E-state index >= 15 is 0 Å². The van der Waals surface area contributed by atoms with Crippen LogP contribution < -0.4 is 5.56 Å². The first-order valence-electron chi connectivity index (χ1n) is 9.50. The number of hydrogen-bond donors (Lipinski definition) is 0. The molecule has 0 saturated heterocycles. The smallest absolute Gasteiger partial charge is 0.318 e. The molecule has 0 aliphatic carbocycles. The van der Waals surface area contributed by atoms with Crippen molar-refractivity contribution in [2.75, 3.05) is 12.9 Å². The molecule has 0 saturated carbocycles. The number of methoxy groups -OCH3 is 1. The van der Waals surface area contributed by atoms with Gasteiger partial charge in [0.1, 0.15) is 5.41 Å². The maximum absolute atomic E-state index is 13.3. The number of hydrogen-bond acceptors (Lipinski definition) is 6. The summed E-state index contributed by atoms with van der Waals surface area (Å²) in [7, 11) is 1.26. The predicted molar refractivity (Wildman–Crippen MR) is 118 cm³/mol. The first-order chi connectivity index (χ1) is 14.2. The van der Waals surface area contributed by atoms with Gasteiger partial charge in [0, 0.05) is 0 Å². The molecule has 3 aromatic rings. The predicted octanol–water partition coefficient (Wildman–Crippen LogP) is 3.86. The van der Waals surface area contributed by atoms with Crippen molar-refractivity contribution in [2.45, 2.75) is 32.9 Å². The normalized spacial score (nSPS) is 11.5. The first-order valence-corrected chi connectivity index (χ1v) is 10.5. The van der Waals surface area contributed by atoms with Crippen LogP contribution in [0, 0.1) is 19.3 Å². The van der Waals surface area contributed by atoms with Gasteiger partial charge in [-0.2, -0.15) is 0 Å². The Morgan fingerprint density at radius 3 is 2.47 bits per heavy atom. The molecule has 0 atom stereocenters. The number of benzene rings is 2. The van der Waals surface area contributed by atoms with Gasteiger partial charge >= 0.3 is 5.97 Å². The summed E-state index contributed by atoms with van der Waals surface area (Å²) >= 11 is 1.14. The highest BCUT2D eigenvalue weighted by atomic mass is 32.2. The van der Waals surface area contributed by atoms with Crippen LogP contribution in [0.1, 0.15) is 25.0 Å². The summed E-state index contributed by atoms with van der Waals surface area (Å²) in [6.07, 6.45) is 0. The van der Waals surface area contributed by atoms with Crippen LogP contribution in [0.3, 0.4) is 0 Å². The van der Waals surface area contributed by atoms with Crippen molar-refractivity contribution in [1.29, 1.82) is 0 Å². The SMILES string of the molecule is COC(=O)C(C)(C)C(=O)CSc1nc2ccccc2c(=O)n1-c1ccc(C)c(C)c1. The molecule has 30 heavy (non-hydrogen) atoms. The van der Waals surface area contributed by atoms with E-state index in [9.17, 15) is 14.4 Å². The lowest BCUT2D eigenvalue weighted by Gasteiger charge is -2.20. The van der Waals surface area contributed by atoms with Crippen molar-refractivity contribution < 1.29 is 14.3 Å². The fraction of sp³-hybridized carbons (Fsp3) is 0.304. The number of nitrogens with zero attached hydrogens (tertiary/aromatic N) is 2. The first kappa shape index (κ1) is 21.8. The molecular weight excluding hydrogens is 400 g/mol. The second kappa shape index (κ2) is 8.44. The minimum atomic E-state index is -1.27. The maximum Gasteiger partial charge on any atom is 0.318 e. The number of fused-ring (bicyclic) bond motifs is 1. The Kier molecular flexibility index (Phi) is 6.12. The molecule has 0 N–H and O–H groups in total. The molecule has 0 aliphatic rings. The van der Waals surface area contributed by atoms with E-state index in [1.165, 1.54) is 25.5 Å². The summed E-state index contributed by atoms with van der Waals surface area (Å²) in [4.78, 5) is 42.6. The molecule has 0 aliphatic heterocycles. The number of aromatic nitrogens is 2. The zero-order valence-corrected chi connectivity index (χ0v) is 18.5. The molecule has 0 fully saturated rings. The molecule has 1 aromatic heterocycles. The lowest BCUT2D eigenvalue weighted by atomic mass is 9.89. The third-order valence-corrected chi connectivity index (χ3v) is 6.16. The number of Topliss-reactive ketones (excluding diaryl/α,β-unsaturated/α-hetero) is 1. The van der Waals surface area contributed by atoms with Crippen LogP contribution in [0.5, 0.6) is 0 Å². The molecule has 0 bridgehead atoms. The van der Waals surface area contributed by atoms with Gasteiger partial charge in [0.2, 0.25) is 0 Å². The van der Waals surface area contributed by atoms with Crippen molar-refractivity contribution in [3.8, 4) is 5.69 Å². The Hall–Kier alpha value is -2.93. The van der Waals surface area contributed by atoms with Crippen LogP contribution in [0.25, 0.3) is 16.6 Å². The average molecular weight is 425 g/mol. The number of carbonyl (C=O) groups is 2. The lowest BCUT2D eigenvalue weighted by molar-refractivity contribution is -0.154. The number of rotatable bonds is 6. The second-order valence-corrected chi connectivity index (χ2v) is 8.59. The number of ketones is 1. The van der Waals surface area contributed by atoms with Gasteiger partial charge < -0.3 is 4.74 Å². The van der Waals surface area contributed by atoms with E-state index in [0.717, 1.165) is 22.9 Å². The molecular formula is C23H24N2O4S. The highest BCUT2D eigenvalue weighted by Crippen LogP contribution is 2.26. The largest absolute Gasteiger partial charge is 0.468 e. The number of aryl methyl sites for hydroxylation is 2. The number of ether oxygens (including phenoxy) is 1. The van der Waals surface area contributed by atoms with Gasteiger partial charge in [-0.1, -0.05) is 30.0 Å². The molecule has 0 unspecified atom stereocenters. The summed E-state index contributed by atoms with van der Waals surface area (Å²) in [5, 5.41) is 0.900. The molecule has 0 radical (unpaired) electrons. The van der Waals surface area contributed by atoms with Gasteiger partial charge in [-0.05, 0) is 63.1 Å². The summed E-state index contributed by atoms with van der Waals surface area (Å²) in [5.41, 5.74) is 1.93. The van der Waals surface area contributed by atoms with Crippen LogP contribution in [-0.2, 0) is 14.3 Å². The van der Waals surface area contributed by atoms with E-state index in [0.29, 0.717) is 21.7 Å². The van der Waals surface area contributed by atoms with E-state index in [-0.39, 0.29) is 17.1 Å². The second-order valence-electron chi connectivity index (χ2n) is 7.65. The summed E-state index contributed by atoms with van der Waals surface area (Å²) in [6, 6.07) is 12.9. The fourth-order valence-electron chi connectivity index (χ4n) is 2.98. The number of para-hydroxylation sites is 1. The molecule has 1 heterocycles. The summed E-state index contributed by atoms with van der Waals surface area (Å²) in [5.74, 6) is -0.905. The quantitative estimate of drug-likeness (QED) is 0.259. The van der Waals surface area contributed by atoms with Crippen molar-refractivity contribution in [3.63, 3.8) is 0 Å². The average Bonchev–Trinajstić information content (AvgIpc) is 2.73. The van der Waals surface area contributed by atoms with E-state index in [4.69, 9.17) is 4.74 Å². The Balaban J connectivity index is 2.09. The van der Waals surface area contributed by atoms with Gasteiger partial charge in [-0.15, -0.1) is 0 Å². The summed E-state index contributed by atoms with van der Waals surface area (Å²) in [6.45, 7) is 7.05. The van der Waals surface area contributed by atoms with Gasteiger partial charge in [-0.3, -0.25) is 19.0 Å². The number of esters is 1. The topological polar surface area (TPSA) is 78.3 Å². The molecule has 0 spiro atoms. The van der Waals surface area contributed by atoms with Crippen molar-refractivity contribution in [2.24, 2.45) is 5.41 Å². The van der Waals surface area contributed by atoms with Crippen molar-refractivity contribution >= 4 is 34.4 Å². The molecule has 7 heteroatoms. The van der Waals surface area contributed by atoms with Crippen molar-refractivity contribution in [3.05, 3.63) is 63.9 Å². The van der Waals surface area contributed by atoms with Crippen LogP contribution in [0.2, 0.25) is 0 Å². The Morgan fingerprint density at radius 2 is 1.80 bits per heavy atom. The number of thioether (sulfide) groups is 1. The molecule has 0 amide bonds. The monoisotopic (exact) mass is 424 g/mol.